The van der Waals surface area contributed by atoms with Gasteiger partial charge in [-0.3, -0.25) is 9.59 Å². The number of piperidine rings is 1. The van der Waals surface area contributed by atoms with Crippen LogP contribution >= 0.6 is 11.3 Å². The van der Waals surface area contributed by atoms with Gasteiger partial charge in [0.2, 0.25) is 11.8 Å². The fourth-order valence-electron chi connectivity index (χ4n) is 3.53. The normalized spacial score (nSPS) is 17.8. The first-order valence-electron chi connectivity index (χ1n) is 9.39. The van der Waals surface area contributed by atoms with E-state index in [9.17, 15) is 18.0 Å². The Morgan fingerprint density at radius 3 is 2.69 bits per heavy atom. The number of nitrogens with zero attached hydrogens (tertiary/aromatic N) is 2. The fourth-order valence-corrected chi connectivity index (χ4v) is 6.49. The molecule has 1 saturated heterocycles. The fraction of sp³-hybridized carbons (Fsp3) is 0.400. The van der Waals surface area contributed by atoms with Gasteiger partial charge in [-0.05, 0) is 49.6 Å². The minimum Gasteiger partial charge on any atom is -0.366 e. The molecule has 7 nitrogen and oxygen atoms in total. The van der Waals surface area contributed by atoms with Gasteiger partial charge in [-0.25, -0.2) is 8.42 Å². The Morgan fingerprint density at radius 1 is 1.28 bits per heavy atom. The van der Waals surface area contributed by atoms with Crippen LogP contribution in [0, 0.1) is 12.8 Å². The van der Waals surface area contributed by atoms with Gasteiger partial charge in [0.05, 0.1) is 5.92 Å². The van der Waals surface area contributed by atoms with Crippen LogP contribution in [0.3, 0.4) is 0 Å². The topological polar surface area (TPSA) is 101 Å². The number of aryl methyl sites for hydroxylation is 1. The summed E-state index contributed by atoms with van der Waals surface area (Å²) in [6.45, 7) is 2.80. The van der Waals surface area contributed by atoms with Crippen LogP contribution in [0.5, 0.6) is 0 Å². The van der Waals surface area contributed by atoms with E-state index in [1.807, 2.05) is 13.0 Å². The number of hydrogen-bond donors (Lipinski definition) is 1. The summed E-state index contributed by atoms with van der Waals surface area (Å²) in [5, 5.41) is 0. The van der Waals surface area contributed by atoms with Crippen LogP contribution in [-0.4, -0.2) is 49.6 Å². The van der Waals surface area contributed by atoms with Crippen molar-refractivity contribution in [2.45, 2.75) is 30.5 Å². The summed E-state index contributed by atoms with van der Waals surface area (Å²) in [6, 6.07) is 10.3. The number of nitrogens with two attached hydrogens (primary N) is 1. The number of carbonyl (C=O) groups is 2. The van der Waals surface area contributed by atoms with Gasteiger partial charge >= 0.3 is 0 Å². The Labute approximate surface area is 175 Å². The third-order valence-electron chi connectivity index (χ3n) is 5.05. The number of benzene rings is 1. The Kier molecular flexibility index (Phi) is 6.40. The average Bonchev–Trinajstić information content (AvgIpc) is 3.15. The molecule has 2 N–H and O–H groups in total. The van der Waals surface area contributed by atoms with Gasteiger partial charge in [-0.15, -0.1) is 11.3 Å². The second kappa shape index (κ2) is 8.64. The first-order chi connectivity index (χ1) is 13.7. The molecule has 29 heavy (non-hydrogen) atoms. The standard InChI is InChI=1S/C20H25N3O4S2/c1-14-8-9-18(28-14)29(26,27)23-10-4-7-17(13-23)20(25)22(2)12-15-5-3-6-16(11-15)19(21)24/h3,5-6,8-9,11,17H,4,7,10,12-13H2,1-2H3,(H2,21,24). The number of carbonyl (C=O) groups excluding carboxylic acids is 2. The maximum absolute atomic E-state index is 12.9. The molecule has 1 aliphatic rings. The molecule has 1 aromatic heterocycles. The quantitative estimate of drug-likeness (QED) is 0.752. The van der Waals surface area contributed by atoms with E-state index in [-0.39, 0.29) is 18.4 Å². The van der Waals surface area contributed by atoms with Crippen molar-refractivity contribution in [1.29, 1.82) is 0 Å². The van der Waals surface area contributed by atoms with Crippen molar-refractivity contribution in [3.63, 3.8) is 0 Å². The minimum absolute atomic E-state index is 0.100. The van der Waals surface area contributed by atoms with Crippen molar-refractivity contribution >= 4 is 33.2 Å². The molecule has 1 fully saturated rings. The largest absolute Gasteiger partial charge is 0.366 e. The molecule has 1 unspecified atom stereocenters. The maximum atomic E-state index is 12.9. The molecule has 156 valence electrons. The third kappa shape index (κ3) is 4.85. The van der Waals surface area contributed by atoms with E-state index in [1.165, 1.54) is 15.6 Å². The molecule has 2 aromatic rings. The Hall–Kier alpha value is -2.23. The third-order valence-corrected chi connectivity index (χ3v) is 8.38. The highest BCUT2D eigenvalue weighted by Gasteiger charge is 2.35. The zero-order valence-corrected chi connectivity index (χ0v) is 18.1. The lowest BCUT2D eigenvalue weighted by atomic mass is 9.98. The van der Waals surface area contributed by atoms with Crippen LogP contribution in [-0.2, 0) is 21.4 Å². The smallest absolute Gasteiger partial charge is 0.252 e. The summed E-state index contributed by atoms with van der Waals surface area (Å²) in [4.78, 5) is 26.8. The molecule has 1 atom stereocenters. The van der Waals surface area contributed by atoms with Crippen molar-refractivity contribution in [1.82, 2.24) is 9.21 Å². The SMILES string of the molecule is Cc1ccc(S(=O)(=O)N2CCCC(C(=O)N(C)Cc3cccc(C(N)=O)c3)C2)s1. The summed E-state index contributed by atoms with van der Waals surface area (Å²) >= 11 is 1.25. The lowest BCUT2D eigenvalue weighted by molar-refractivity contribution is -0.135. The molecule has 2 heterocycles. The highest BCUT2D eigenvalue weighted by atomic mass is 32.2. The van der Waals surface area contributed by atoms with E-state index in [1.54, 1.807) is 42.3 Å². The zero-order chi connectivity index (χ0) is 21.2. The predicted molar refractivity (Wildman–Crippen MR) is 112 cm³/mol. The molecule has 9 heteroatoms. The monoisotopic (exact) mass is 435 g/mol. The highest BCUT2D eigenvalue weighted by Crippen LogP contribution is 2.29. The molecule has 1 aliphatic heterocycles. The Balaban J connectivity index is 1.69. The number of rotatable bonds is 6. The Bertz CT molecular complexity index is 1020. The van der Waals surface area contributed by atoms with Crippen molar-refractivity contribution in [3.8, 4) is 0 Å². The molecule has 1 aromatic carbocycles. The van der Waals surface area contributed by atoms with Crippen LogP contribution in [0.25, 0.3) is 0 Å². The van der Waals surface area contributed by atoms with Crippen LogP contribution < -0.4 is 5.73 Å². The van der Waals surface area contributed by atoms with Gasteiger partial charge in [0, 0.05) is 37.1 Å². The molecule has 0 spiro atoms. The van der Waals surface area contributed by atoms with Crippen LogP contribution in [0.15, 0.2) is 40.6 Å². The molecular formula is C20H25N3O4S2. The van der Waals surface area contributed by atoms with E-state index in [0.717, 1.165) is 10.4 Å². The van der Waals surface area contributed by atoms with E-state index in [4.69, 9.17) is 5.73 Å². The van der Waals surface area contributed by atoms with Crippen molar-refractivity contribution < 1.29 is 18.0 Å². The molecule has 0 bridgehead atoms. The zero-order valence-electron chi connectivity index (χ0n) is 16.5. The number of hydrogen-bond acceptors (Lipinski definition) is 5. The summed E-state index contributed by atoms with van der Waals surface area (Å²) in [6.07, 6.45) is 1.30. The van der Waals surface area contributed by atoms with E-state index in [2.05, 4.69) is 0 Å². The van der Waals surface area contributed by atoms with Gasteiger partial charge in [-0.2, -0.15) is 4.31 Å². The number of amides is 2. The molecule has 0 saturated carbocycles. The van der Waals surface area contributed by atoms with Crippen LogP contribution in [0.2, 0.25) is 0 Å². The summed E-state index contributed by atoms with van der Waals surface area (Å²) in [7, 11) is -1.89. The molecule has 0 radical (unpaired) electrons. The number of thiophene rings is 1. The first kappa shape index (κ1) is 21.5. The second-order valence-electron chi connectivity index (χ2n) is 7.33. The molecule has 0 aliphatic carbocycles. The molecule has 2 amide bonds. The van der Waals surface area contributed by atoms with Gasteiger partial charge in [0.25, 0.3) is 10.0 Å². The number of sulfonamides is 1. The predicted octanol–water partition coefficient (Wildman–Crippen LogP) is 2.21. The Morgan fingerprint density at radius 2 is 2.03 bits per heavy atom. The minimum atomic E-state index is -3.58. The van der Waals surface area contributed by atoms with Crippen molar-refractivity contribution in [2.24, 2.45) is 11.7 Å². The molecule has 3 rings (SSSR count). The van der Waals surface area contributed by atoms with Crippen LogP contribution in [0.4, 0.5) is 0 Å². The highest BCUT2D eigenvalue weighted by molar-refractivity contribution is 7.91. The van der Waals surface area contributed by atoms with Gasteiger partial charge in [0.15, 0.2) is 0 Å². The summed E-state index contributed by atoms with van der Waals surface area (Å²) in [5.74, 6) is -1.00. The van der Waals surface area contributed by atoms with Crippen molar-refractivity contribution in [3.05, 3.63) is 52.4 Å². The lowest BCUT2D eigenvalue weighted by Gasteiger charge is -2.33. The van der Waals surface area contributed by atoms with Crippen LogP contribution in [0.1, 0.15) is 33.6 Å². The average molecular weight is 436 g/mol. The summed E-state index contributed by atoms with van der Waals surface area (Å²) in [5.41, 5.74) is 6.51. The maximum Gasteiger partial charge on any atom is 0.252 e. The van der Waals surface area contributed by atoms with E-state index >= 15 is 0 Å². The lowest BCUT2D eigenvalue weighted by Crippen LogP contribution is -2.45. The first-order valence-corrected chi connectivity index (χ1v) is 11.6. The van der Waals surface area contributed by atoms with Gasteiger partial charge < -0.3 is 10.6 Å². The number of primary amides is 1. The second-order valence-corrected chi connectivity index (χ2v) is 10.8. The van der Waals surface area contributed by atoms with Gasteiger partial charge in [0.1, 0.15) is 4.21 Å². The van der Waals surface area contributed by atoms with E-state index in [0.29, 0.717) is 35.7 Å². The molecular weight excluding hydrogens is 410 g/mol. The van der Waals surface area contributed by atoms with Crippen molar-refractivity contribution in [2.75, 3.05) is 20.1 Å². The van der Waals surface area contributed by atoms with Gasteiger partial charge in [-0.1, -0.05) is 12.1 Å². The van der Waals surface area contributed by atoms with E-state index < -0.39 is 15.9 Å². The summed E-state index contributed by atoms with van der Waals surface area (Å²) < 4.78 is 27.5.